The number of aromatic amines is 1. The predicted octanol–water partition coefficient (Wildman–Crippen LogP) is 6.51. The first-order valence-electron chi connectivity index (χ1n) is 8.16. The fourth-order valence-corrected chi connectivity index (χ4v) is 3.41. The SMILES string of the molecule is FC(F)(F)Oc1ccccc1-c1ccc(-c2nc(-c3ccccc3I)c[nH]2)o1. The third-order valence-electron chi connectivity index (χ3n) is 3.95. The maximum absolute atomic E-state index is 12.6. The molecule has 2 aromatic heterocycles. The highest BCUT2D eigenvalue weighted by molar-refractivity contribution is 14.1. The highest BCUT2D eigenvalue weighted by Gasteiger charge is 2.32. The van der Waals surface area contributed by atoms with Crippen LogP contribution in [0.25, 0.3) is 34.2 Å². The van der Waals surface area contributed by atoms with Gasteiger partial charge in [0.15, 0.2) is 11.6 Å². The number of para-hydroxylation sites is 1. The number of ether oxygens (including phenoxy) is 1. The average molecular weight is 496 g/mol. The molecule has 0 aliphatic carbocycles. The Kier molecular flexibility index (Phi) is 4.88. The van der Waals surface area contributed by atoms with Crippen molar-refractivity contribution in [2.24, 2.45) is 0 Å². The van der Waals surface area contributed by atoms with Crippen LogP contribution in [0.15, 0.2) is 71.3 Å². The summed E-state index contributed by atoms with van der Waals surface area (Å²) >= 11 is 2.23. The van der Waals surface area contributed by atoms with Crippen molar-refractivity contribution in [2.75, 3.05) is 0 Å². The third kappa shape index (κ3) is 3.91. The van der Waals surface area contributed by atoms with E-state index in [4.69, 9.17) is 4.42 Å². The molecule has 0 unspecified atom stereocenters. The summed E-state index contributed by atoms with van der Waals surface area (Å²) < 4.78 is 48.8. The number of rotatable bonds is 4. The third-order valence-corrected chi connectivity index (χ3v) is 4.89. The molecule has 142 valence electrons. The first-order chi connectivity index (χ1) is 13.4. The van der Waals surface area contributed by atoms with Gasteiger partial charge in [0.1, 0.15) is 11.5 Å². The van der Waals surface area contributed by atoms with Gasteiger partial charge in [-0.1, -0.05) is 30.3 Å². The molecule has 2 aromatic carbocycles. The van der Waals surface area contributed by atoms with E-state index in [1.165, 1.54) is 18.2 Å². The van der Waals surface area contributed by atoms with E-state index in [0.29, 0.717) is 11.6 Å². The summed E-state index contributed by atoms with van der Waals surface area (Å²) in [6.07, 6.45) is -3.02. The molecule has 0 bridgehead atoms. The molecular formula is C20H12F3IN2O2. The molecule has 0 aliphatic heterocycles. The number of H-pyrrole nitrogens is 1. The van der Waals surface area contributed by atoms with Gasteiger partial charge in [0.25, 0.3) is 0 Å². The van der Waals surface area contributed by atoms with E-state index in [0.717, 1.165) is 14.8 Å². The first-order valence-corrected chi connectivity index (χ1v) is 9.24. The largest absolute Gasteiger partial charge is 0.573 e. The highest BCUT2D eigenvalue weighted by atomic mass is 127. The summed E-state index contributed by atoms with van der Waals surface area (Å²) in [5.74, 6) is 0.820. The lowest BCUT2D eigenvalue weighted by atomic mass is 10.1. The quantitative estimate of drug-likeness (QED) is 0.328. The standard InChI is InChI=1S/C20H12F3IN2O2/c21-20(22,23)28-17-8-4-2-6-13(17)16-9-10-18(27-16)19-25-11-15(26-19)12-5-1-3-7-14(12)24/h1-11H,(H,25,26). The summed E-state index contributed by atoms with van der Waals surface area (Å²) in [5, 5.41) is 0. The Morgan fingerprint density at radius 1 is 0.893 bits per heavy atom. The van der Waals surface area contributed by atoms with Crippen LogP contribution in [0.4, 0.5) is 13.2 Å². The van der Waals surface area contributed by atoms with Gasteiger partial charge in [-0.2, -0.15) is 0 Å². The number of hydrogen-bond acceptors (Lipinski definition) is 3. The molecule has 28 heavy (non-hydrogen) atoms. The Balaban J connectivity index is 1.66. The zero-order valence-electron chi connectivity index (χ0n) is 14.1. The summed E-state index contributed by atoms with van der Waals surface area (Å²) in [6, 6.07) is 16.9. The molecule has 8 heteroatoms. The van der Waals surface area contributed by atoms with Crippen molar-refractivity contribution in [3.8, 4) is 39.9 Å². The molecule has 4 aromatic rings. The van der Waals surface area contributed by atoms with E-state index in [1.54, 1.807) is 24.4 Å². The molecule has 2 heterocycles. The van der Waals surface area contributed by atoms with Crippen molar-refractivity contribution >= 4 is 22.6 Å². The van der Waals surface area contributed by atoms with Crippen LogP contribution in [0.2, 0.25) is 0 Å². The zero-order valence-corrected chi connectivity index (χ0v) is 16.3. The smallest absolute Gasteiger partial charge is 0.453 e. The summed E-state index contributed by atoms with van der Waals surface area (Å²) in [6.45, 7) is 0. The topological polar surface area (TPSA) is 51.0 Å². The number of nitrogens with one attached hydrogen (secondary N) is 1. The number of furan rings is 1. The fourth-order valence-electron chi connectivity index (χ4n) is 2.75. The molecule has 0 saturated heterocycles. The molecule has 4 nitrogen and oxygen atoms in total. The minimum Gasteiger partial charge on any atom is -0.453 e. The molecule has 0 fully saturated rings. The van der Waals surface area contributed by atoms with E-state index in [1.807, 2.05) is 24.3 Å². The van der Waals surface area contributed by atoms with Crippen LogP contribution in [-0.2, 0) is 0 Å². The normalized spacial score (nSPS) is 11.6. The van der Waals surface area contributed by atoms with Gasteiger partial charge in [-0.3, -0.25) is 0 Å². The molecule has 0 aliphatic rings. The molecule has 1 N–H and O–H groups in total. The second kappa shape index (κ2) is 7.34. The Bertz CT molecular complexity index is 1120. The van der Waals surface area contributed by atoms with Gasteiger partial charge in [-0.15, -0.1) is 13.2 Å². The minimum atomic E-state index is -4.78. The van der Waals surface area contributed by atoms with Crippen molar-refractivity contribution in [2.45, 2.75) is 6.36 Å². The van der Waals surface area contributed by atoms with Gasteiger partial charge in [0.05, 0.1) is 11.3 Å². The van der Waals surface area contributed by atoms with Crippen molar-refractivity contribution in [3.63, 3.8) is 0 Å². The van der Waals surface area contributed by atoms with E-state index in [-0.39, 0.29) is 17.1 Å². The molecule has 0 spiro atoms. The van der Waals surface area contributed by atoms with Crippen LogP contribution in [0.1, 0.15) is 0 Å². The van der Waals surface area contributed by atoms with Crippen LogP contribution >= 0.6 is 22.6 Å². The highest BCUT2D eigenvalue weighted by Crippen LogP contribution is 2.36. The molecule has 0 radical (unpaired) electrons. The monoisotopic (exact) mass is 496 g/mol. The first kappa shape index (κ1) is 18.6. The van der Waals surface area contributed by atoms with E-state index < -0.39 is 6.36 Å². The number of benzene rings is 2. The van der Waals surface area contributed by atoms with Crippen LogP contribution in [0, 0.1) is 3.57 Å². The minimum absolute atomic E-state index is 0.204. The number of imidazole rings is 1. The number of halogens is 4. The second-order valence-corrected chi connectivity index (χ2v) is 6.98. The fraction of sp³-hybridized carbons (Fsp3) is 0.0500. The average Bonchev–Trinajstić information content (AvgIpc) is 3.31. The number of nitrogens with zero attached hydrogens (tertiary/aromatic N) is 1. The summed E-state index contributed by atoms with van der Waals surface area (Å²) in [5.41, 5.74) is 1.93. The van der Waals surface area contributed by atoms with Crippen LogP contribution in [0.3, 0.4) is 0 Å². The molecule has 0 saturated carbocycles. The predicted molar refractivity (Wildman–Crippen MR) is 107 cm³/mol. The molecule has 0 amide bonds. The lowest BCUT2D eigenvalue weighted by molar-refractivity contribution is -0.274. The summed E-state index contributed by atoms with van der Waals surface area (Å²) in [4.78, 5) is 7.58. The van der Waals surface area contributed by atoms with Gasteiger partial charge < -0.3 is 14.1 Å². The number of alkyl halides is 3. The maximum Gasteiger partial charge on any atom is 0.573 e. The van der Waals surface area contributed by atoms with Crippen molar-refractivity contribution < 1.29 is 22.3 Å². The maximum atomic E-state index is 12.6. The van der Waals surface area contributed by atoms with Gasteiger partial charge in [0, 0.05) is 15.3 Å². The second-order valence-electron chi connectivity index (χ2n) is 5.82. The van der Waals surface area contributed by atoms with Gasteiger partial charge in [0.2, 0.25) is 0 Å². The number of aromatic nitrogens is 2. The van der Waals surface area contributed by atoms with E-state index in [9.17, 15) is 13.2 Å². The van der Waals surface area contributed by atoms with Gasteiger partial charge in [-0.25, -0.2) is 4.98 Å². The Morgan fingerprint density at radius 3 is 2.32 bits per heavy atom. The Morgan fingerprint density at radius 2 is 1.57 bits per heavy atom. The Labute approximate surface area is 171 Å². The summed E-state index contributed by atoms with van der Waals surface area (Å²) in [7, 11) is 0. The van der Waals surface area contributed by atoms with Crippen molar-refractivity contribution in [3.05, 3.63) is 70.4 Å². The van der Waals surface area contributed by atoms with E-state index in [2.05, 4.69) is 37.3 Å². The van der Waals surface area contributed by atoms with E-state index >= 15 is 0 Å². The van der Waals surface area contributed by atoms with Gasteiger partial charge >= 0.3 is 6.36 Å². The van der Waals surface area contributed by atoms with Crippen molar-refractivity contribution in [1.29, 1.82) is 0 Å². The zero-order chi connectivity index (χ0) is 19.7. The lowest BCUT2D eigenvalue weighted by Gasteiger charge is -2.11. The molecular weight excluding hydrogens is 484 g/mol. The Hall–Kier alpha value is -2.75. The molecule has 4 rings (SSSR count). The lowest BCUT2D eigenvalue weighted by Crippen LogP contribution is -2.17. The van der Waals surface area contributed by atoms with Crippen LogP contribution < -0.4 is 4.74 Å². The van der Waals surface area contributed by atoms with Crippen LogP contribution in [-0.4, -0.2) is 16.3 Å². The number of hydrogen-bond donors (Lipinski definition) is 1. The van der Waals surface area contributed by atoms with Gasteiger partial charge in [-0.05, 0) is 52.9 Å². The van der Waals surface area contributed by atoms with Crippen LogP contribution in [0.5, 0.6) is 5.75 Å². The van der Waals surface area contributed by atoms with Crippen molar-refractivity contribution in [1.82, 2.24) is 9.97 Å². The molecule has 0 atom stereocenters.